The highest BCUT2D eigenvalue weighted by atomic mass is 32.1. The average molecular weight is 382 g/mol. The number of thiazole rings is 1. The highest BCUT2D eigenvalue weighted by Gasteiger charge is 2.18. The van der Waals surface area contributed by atoms with Gasteiger partial charge < -0.3 is 10.1 Å². The first kappa shape index (κ1) is 18.7. The van der Waals surface area contributed by atoms with E-state index in [0.29, 0.717) is 5.13 Å². The third-order valence-electron chi connectivity index (χ3n) is 3.89. The molecule has 0 saturated carbocycles. The van der Waals surface area contributed by atoms with Crippen molar-refractivity contribution in [1.29, 1.82) is 0 Å². The van der Waals surface area contributed by atoms with Gasteiger partial charge in [-0.3, -0.25) is 9.59 Å². The molecule has 0 aliphatic heterocycles. The molecule has 1 heterocycles. The molecule has 0 spiro atoms. The Morgan fingerprint density at radius 3 is 2.56 bits per heavy atom. The van der Waals surface area contributed by atoms with Crippen molar-refractivity contribution in [2.24, 2.45) is 0 Å². The van der Waals surface area contributed by atoms with Gasteiger partial charge in [-0.25, -0.2) is 9.78 Å². The maximum atomic E-state index is 12.0. The van der Waals surface area contributed by atoms with Crippen LogP contribution in [0.15, 0.2) is 48.5 Å². The molecule has 1 aromatic heterocycles. The topological polar surface area (TPSA) is 85.4 Å². The van der Waals surface area contributed by atoms with Crippen LogP contribution >= 0.6 is 11.3 Å². The number of Topliss-reactive ketones (excluding diaryl/α,β-unsaturated/α-hetero) is 1. The number of anilines is 1. The molecule has 0 aliphatic rings. The molecule has 0 radical (unpaired) electrons. The zero-order valence-corrected chi connectivity index (χ0v) is 15.5. The summed E-state index contributed by atoms with van der Waals surface area (Å²) in [7, 11) is 0. The minimum absolute atomic E-state index is 0.0304. The van der Waals surface area contributed by atoms with Crippen LogP contribution in [-0.4, -0.2) is 22.6 Å². The lowest BCUT2D eigenvalue weighted by atomic mass is 10.2. The summed E-state index contributed by atoms with van der Waals surface area (Å²) in [5.41, 5.74) is 2.67. The summed E-state index contributed by atoms with van der Waals surface area (Å²) in [6.07, 6.45) is -0.308. The lowest BCUT2D eigenvalue weighted by Crippen LogP contribution is -2.20. The average Bonchev–Trinajstić information content (AvgIpc) is 3.09. The largest absolute Gasteiger partial charge is 0.455 e. The molecule has 0 saturated heterocycles. The first-order valence-electron chi connectivity index (χ1n) is 8.43. The van der Waals surface area contributed by atoms with Crippen LogP contribution < -0.4 is 5.32 Å². The summed E-state index contributed by atoms with van der Waals surface area (Å²) >= 11 is 1.37. The van der Waals surface area contributed by atoms with E-state index < -0.39 is 11.8 Å². The fraction of sp³-hybridized carbons (Fsp3) is 0.200. The third-order valence-corrected chi connectivity index (χ3v) is 4.82. The maximum Gasteiger partial charge on any atom is 0.374 e. The predicted octanol–water partition coefficient (Wildman–Crippen LogP) is 3.64. The van der Waals surface area contributed by atoms with Crippen molar-refractivity contribution in [3.05, 3.63) is 59.7 Å². The van der Waals surface area contributed by atoms with E-state index in [9.17, 15) is 14.4 Å². The van der Waals surface area contributed by atoms with Gasteiger partial charge in [-0.1, -0.05) is 53.8 Å². The number of ketones is 1. The molecule has 3 rings (SSSR count). The number of carbonyl (C=O) groups excluding carboxylic acids is 3. The maximum absolute atomic E-state index is 12.0. The Kier molecular flexibility index (Phi) is 5.93. The van der Waals surface area contributed by atoms with Gasteiger partial charge in [0.15, 0.2) is 5.13 Å². The zero-order chi connectivity index (χ0) is 19.2. The summed E-state index contributed by atoms with van der Waals surface area (Å²) in [4.78, 5) is 40.0. The smallest absolute Gasteiger partial charge is 0.374 e. The molecule has 0 bridgehead atoms. The Morgan fingerprint density at radius 1 is 1.04 bits per heavy atom. The second-order valence-electron chi connectivity index (χ2n) is 5.97. The molecule has 1 amide bonds. The van der Waals surface area contributed by atoms with E-state index in [4.69, 9.17) is 4.74 Å². The predicted molar refractivity (Wildman–Crippen MR) is 103 cm³/mol. The third kappa shape index (κ3) is 4.98. The van der Waals surface area contributed by atoms with Crippen molar-refractivity contribution in [3.8, 4) is 0 Å². The van der Waals surface area contributed by atoms with Crippen LogP contribution in [-0.2, 0) is 25.7 Å². The number of carbonyl (C=O) groups is 3. The number of benzene rings is 2. The van der Waals surface area contributed by atoms with Gasteiger partial charge in [0.05, 0.1) is 10.2 Å². The highest BCUT2D eigenvalue weighted by molar-refractivity contribution is 7.22. The quantitative estimate of drug-likeness (QED) is 0.498. The van der Waals surface area contributed by atoms with E-state index in [-0.39, 0.29) is 25.4 Å². The Morgan fingerprint density at radius 2 is 1.81 bits per heavy atom. The molecule has 0 aliphatic carbocycles. The van der Waals surface area contributed by atoms with E-state index in [2.05, 4.69) is 10.3 Å². The zero-order valence-electron chi connectivity index (χ0n) is 14.7. The first-order valence-corrected chi connectivity index (χ1v) is 9.24. The van der Waals surface area contributed by atoms with Gasteiger partial charge in [-0.2, -0.15) is 0 Å². The van der Waals surface area contributed by atoms with Gasteiger partial charge in [-0.15, -0.1) is 0 Å². The summed E-state index contributed by atoms with van der Waals surface area (Å²) < 4.78 is 5.94. The number of aryl methyl sites for hydroxylation is 1. The molecule has 0 unspecified atom stereocenters. The Labute approximate surface area is 160 Å². The van der Waals surface area contributed by atoms with Crippen molar-refractivity contribution >= 4 is 44.3 Å². The number of amides is 1. The number of rotatable bonds is 7. The highest BCUT2D eigenvalue weighted by Crippen LogP contribution is 2.27. The number of fused-ring (bicyclic) bond motifs is 1. The molecule has 3 aromatic rings. The standard InChI is InChI=1S/C20H18N2O4S/c1-13-6-5-9-16-18(13)22-20(27-16)21-17(24)11-10-15(23)19(25)26-12-14-7-3-2-4-8-14/h2-9H,10-12H2,1H3,(H,21,22,24). The lowest BCUT2D eigenvalue weighted by molar-refractivity contribution is -0.155. The molecule has 0 atom stereocenters. The molecular weight excluding hydrogens is 364 g/mol. The van der Waals surface area contributed by atoms with E-state index in [1.165, 1.54) is 11.3 Å². The van der Waals surface area contributed by atoms with Crippen LogP contribution in [0, 0.1) is 6.92 Å². The second kappa shape index (κ2) is 8.55. The van der Waals surface area contributed by atoms with E-state index in [1.807, 2.05) is 43.3 Å². The van der Waals surface area contributed by atoms with Gasteiger partial charge in [0.1, 0.15) is 6.61 Å². The molecule has 6 nitrogen and oxygen atoms in total. The van der Waals surface area contributed by atoms with Crippen LogP contribution in [0.3, 0.4) is 0 Å². The van der Waals surface area contributed by atoms with E-state index >= 15 is 0 Å². The Balaban J connectivity index is 1.47. The van der Waals surface area contributed by atoms with Crippen molar-refractivity contribution < 1.29 is 19.1 Å². The van der Waals surface area contributed by atoms with Gasteiger partial charge in [0.25, 0.3) is 0 Å². The number of aromatic nitrogens is 1. The monoisotopic (exact) mass is 382 g/mol. The second-order valence-corrected chi connectivity index (χ2v) is 7.00. The SMILES string of the molecule is Cc1cccc2sc(NC(=O)CCC(=O)C(=O)OCc3ccccc3)nc12. The van der Waals surface area contributed by atoms with Crippen LogP contribution in [0.1, 0.15) is 24.0 Å². The summed E-state index contributed by atoms with van der Waals surface area (Å²) in [5.74, 6) is -2.01. The van der Waals surface area contributed by atoms with E-state index in [1.54, 1.807) is 12.1 Å². The van der Waals surface area contributed by atoms with Crippen LogP contribution in [0.25, 0.3) is 10.2 Å². The molecule has 1 N–H and O–H groups in total. The Bertz CT molecular complexity index is 982. The van der Waals surface area contributed by atoms with Gasteiger partial charge in [-0.05, 0) is 24.1 Å². The molecule has 2 aromatic carbocycles. The number of hydrogen-bond donors (Lipinski definition) is 1. The number of esters is 1. The van der Waals surface area contributed by atoms with Gasteiger partial charge in [0.2, 0.25) is 11.7 Å². The Hall–Kier alpha value is -3.06. The van der Waals surface area contributed by atoms with Crippen LogP contribution in [0.2, 0.25) is 0 Å². The lowest BCUT2D eigenvalue weighted by Gasteiger charge is -2.04. The van der Waals surface area contributed by atoms with Gasteiger partial charge >= 0.3 is 5.97 Å². The van der Waals surface area contributed by atoms with Crippen LogP contribution in [0.4, 0.5) is 5.13 Å². The first-order chi connectivity index (χ1) is 13.0. The normalized spacial score (nSPS) is 10.6. The molecule has 7 heteroatoms. The number of para-hydroxylation sites is 1. The molecule has 27 heavy (non-hydrogen) atoms. The number of hydrogen-bond acceptors (Lipinski definition) is 6. The summed E-state index contributed by atoms with van der Waals surface area (Å²) in [6.45, 7) is 1.98. The van der Waals surface area contributed by atoms with Crippen molar-refractivity contribution in [2.45, 2.75) is 26.4 Å². The molecule has 0 fully saturated rings. The van der Waals surface area contributed by atoms with Gasteiger partial charge in [0, 0.05) is 12.8 Å². The van der Waals surface area contributed by atoms with E-state index in [0.717, 1.165) is 21.3 Å². The van der Waals surface area contributed by atoms with Crippen molar-refractivity contribution in [3.63, 3.8) is 0 Å². The molecular formula is C20H18N2O4S. The number of nitrogens with zero attached hydrogens (tertiary/aromatic N) is 1. The molecule has 138 valence electrons. The fourth-order valence-electron chi connectivity index (χ4n) is 2.45. The number of nitrogens with one attached hydrogen (secondary N) is 1. The number of ether oxygens (including phenoxy) is 1. The van der Waals surface area contributed by atoms with Crippen molar-refractivity contribution in [2.75, 3.05) is 5.32 Å². The minimum Gasteiger partial charge on any atom is -0.455 e. The summed E-state index contributed by atoms with van der Waals surface area (Å²) in [5, 5.41) is 3.15. The van der Waals surface area contributed by atoms with Crippen molar-refractivity contribution in [1.82, 2.24) is 4.98 Å². The fourth-order valence-corrected chi connectivity index (χ4v) is 3.41. The van der Waals surface area contributed by atoms with Crippen LogP contribution in [0.5, 0.6) is 0 Å². The summed E-state index contributed by atoms with van der Waals surface area (Å²) in [6, 6.07) is 14.9. The minimum atomic E-state index is -0.928.